The maximum Gasteiger partial charge on any atom is 0.243 e. The number of morpholine rings is 1. The molecule has 3 aromatic carbocycles. The van der Waals surface area contributed by atoms with Gasteiger partial charge in [0.2, 0.25) is 11.8 Å². The Morgan fingerprint density at radius 3 is 2.45 bits per heavy atom. The Morgan fingerprint density at radius 2 is 1.73 bits per heavy atom. The standard InChI is InChI=1S/C26H29N3O3S/c1-2-28(26(31)19-33-24-12-7-20-5-3-4-6-21(20)17-24)18-25(30)27-22-8-10-23(11-9-22)29-13-15-32-16-14-29/h3-12,17H,2,13-16,18-19H2,1H3,(H,27,30). The van der Waals surface area contributed by atoms with Crippen molar-refractivity contribution in [2.45, 2.75) is 11.8 Å². The fourth-order valence-electron chi connectivity index (χ4n) is 3.82. The quantitative estimate of drug-likeness (QED) is 0.506. The number of anilines is 2. The molecular weight excluding hydrogens is 434 g/mol. The zero-order chi connectivity index (χ0) is 23.0. The van der Waals surface area contributed by atoms with Gasteiger partial charge < -0.3 is 19.9 Å². The van der Waals surface area contributed by atoms with Crippen LogP contribution in [0.3, 0.4) is 0 Å². The highest BCUT2D eigenvalue weighted by atomic mass is 32.2. The van der Waals surface area contributed by atoms with Crippen molar-refractivity contribution in [3.05, 3.63) is 66.7 Å². The molecule has 1 heterocycles. The number of likely N-dealkylation sites (N-methyl/N-ethyl adjacent to an activating group) is 1. The lowest BCUT2D eigenvalue weighted by atomic mass is 10.1. The minimum absolute atomic E-state index is 0.0405. The summed E-state index contributed by atoms with van der Waals surface area (Å²) in [6.45, 7) is 5.63. The number of amides is 2. The molecule has 3 aromatic rings. The van der Waals surface area contributed by atoms with E-state index in [-0.39, 0.29) is 18.4 Å². The lowest BCUT2D eigenvalue weighted by Crippen LogP contribution is -2.38. The smallest absolute Gasteiger partial charge is 0.243 e. The van der Waals surface area contributed by atoms with Gasteiger partial charge in [0, 0.05) is 35.9 Å². The molecule has 1 fully saturated rings. The number of rotatable bonds is 8. The van der Waals surface area contributed by atoms with Crippen LogP contribution in [0.4, 0.5) is 11.4 Å². The predicted octanol–water partition coefficient (Wildman–Crippen LogP) is 4.26. The summed E-state index contributed by atoms with van der Waals surface area (Å²) in [6.07, 6.45) is 0. The van der Waals surface area contributed by atoms with Crippen LogP contribution in [0.15, 0.2) is 71.6 Å². The molecule has 0 radical (unpaired) electrons. The van der Waals surface area contributed by atoms with Gasteiger partial charge in [-0.2, -0.15) is 0 Å². The second-order valence-corrected chi connectivity index (χ2v) is 8.95. The molecule has 0 spiro atoms. The molecule has 172 valence electrons. The third-order valence-corrected chi connectivity index (χ3v) is 6.66. The minimum atomic E-state index is -0.194. The lowest BCUT2D eigenvalue weighted by molar-refractivity contribution is -0.132. The van der Waals surface area contributed by atoms with Crippen LogP contribution in [0.2, 0.25) is 0 Å². The monoisotopic (exact) mass is 463 g/mol. The molecule has 1 N–H and O–H groups in total. The van der Waals surface area contributed by atoms with E-state index in [1.54, 1.807) is 4.90 Å². The largest absolute Gasteiger partial charge is 0.378 e. The number of thioether (sulfide) groups is 1. The van der Waals surface area contributed by atoms with E-state index in [0.29, 0.717) is 12.3 Å². The molecular formula is C26H29N3O3S. The van der Waals surface area contributed by atoms with E-state index >= 15 is 0 Å². The van der Waals surface area contributed by atoms with Crippen molar-refractivity contribution in [2.75, 3.05) is 55.4 Å². The van der Waals surface area contributed by atoms with Gasteiger partial charge in [0.15, 0.2) is 0 Å². The average Bonchev–Trinajstić information content (AvgIpc) is 2.86. The summed E-state index contributed by atoms with van der Waals surface area (Å²) in [5, 5.41) is 5.24. The summed E-state index contributed by atoms with van der Waals surface area (Å²) >= 11 is 1.50. The first-order valence-corrected chi connectivity index (χ1v) is 12.2. The van der Waals surface area contributed by atoms with Gasteiger partial charge in [-0.25, -0.2) is 0 Å². The van der Waals surface area contributed by atoms with Gasteiger partial charge in [-0.1, -0.05) is 30.3 Å². The number of ether oxygens (including phenoxy) is 1. The number of fused-ring (bicyclic) bond motifs is 1. The average molecular weight is 464 g/mol. The molecule has 4 rings (SSSR count). The topological polar surface area (TPSA) is 61.9 Å². The van der Waals surface area contributed by atoms with Crippen LogP contribution < -0.4 is 10.2 Å². The van der Waals surface area contributed by atoms with E-state index < -0.39 is 0 Å². The van der Waals surface area contributed by atoms with Gasteiger partial charge in [0.25, 0.3) is 0 Å². The van der Waals surface area contributed by atoms with Gasteiger partial charge in [-0.15, -0.1) is 11.8 Å². The zero-order valence-corrected chi connectivity index (χ0v) is 19.6. The first kappa shape index (κ1) is 23.1. The molecule has 1 aliphatic heterocycles. The van der Waals surface area contributed by atoms with Crippen molar-refractivity contribution in [3.63, 3.8) is 0 Å². The molecule has 1 aliphatic rings. The van der Waals surface area contributed by atoms with Crippen molar-refractivity contribution >= 4 is 45.7 Å². The molecule has 0 saturated carbocycles. The molecule has 1 saturated heterocycles. The number of carbonyl (C=O) groups excluding carboxylic acids is 2. The second kappa shape index (κ2) is 11.2. The second-order valence-electron chi connectivity index (χ2n) is 7.90. The maximum absolute atomic E-state index is 12.7. The Morgan fingerprint density at radius 1 is 1.00 bits per heavy atom. The zero-order valence-electron chi connectivity index (χ0n) is 18.8. The molecule has 0 aromatic heterocycles. The molecule has 7 heteroatoms. The van der Waals surface area contributed by atoms with Crippen molar-refractivity contribution < 1.29 is 14.3 Å². The minimum Gasteiger partial charge on any atom is -0.378 e. The van der Waals surface area contributed by atoms with Crippen LogP contribution >= 0.6 is 11.8 Å². The predicted molar refractivity (Wildman–Crippen MR) is 135 cm³/mol. The summed E-state index contributed by atoms with van der Waals surface area (Å²) in [5.41, 5.74) is 1.85. The summed E-state index contributed by atoms with van der Waals surface area (Å²) in [7, 11) is 0. The Kier molecular flexibility index (Phi) is 7.86. The van der Waals surface area contributed by atoms with Crippen molar-refractivity contribution in [1.82, 2.24) is 4.90 Å². The van der Waals surface area contributed by atoms with Crippen molar-refractivity contribution in [1.29, 1.82) is 0 Å². The molecule has 2 amide bonds. The van der Waals surface area contributed by atoms with Gasteiger partial charge in [0.05, 0.1) is 25.5 Å². The Labute approximate surface area is 198 Å². The van der Waals surface area contributed by atoms with Gasteiger partial charge in [-0.3, -0.25) is 9.59 Å². The van der Waals surface area contributed by atoms with Gasteiger partial charge >= 0.3 is 0 Å². The first-order chi connectivity index (χ1) is 16.1. The highest BCUT2D eigenvalue weighted by Crippen LogP contribution is 2.24. The molecule has 0 aliphatic carbocycles. The maximum atomic E-state index is 12.7. The van der Waals surface area contributed by atoms with E-state index in [9.17, 15) is 9.59 Å². The van der Waals surface area contributed by atoms with Crippen LogP contribution in [0.25, 0.3) is 10.8 Å². The van der Waals surface area contributed by atoms with Crippen LogP contribution in [-0.4, -0.2) is 61.9 Å². The van der Waals surface area contributed by atoms with Crippen LogP contribution in [-0.2, 0) is 14.3 Å². The SMILES string of the molecule is CCN(CC(=O)Nc1ccc(N2CCOCC2)cc1)C(=O)CSc1ccc2ccccc2c1. The van der Waals surface area contributed by atoms with E-state index in [1.165, 1.54) is 17.1 Å². The van der Waals surface area contributed by atoms with E-state index in [1.807, 2.05) is 49.4 Å². The Hall–Kier alpha value is -3.03. The highest BCUT2D eigenvalue weighted by molar-refractivity contribution is 8.00. The number of hydrogen-bond acceptors (Lipinski definition) is 5. The first-order valence-electron chi connectivity index (χ1n) is 11.2. The Balaban J connectivity index is 1.28. The van der Waals surface area contributed by atoms with Crippen molar-refractivity contribution in [3.8, 4) is 0 Å². The van der Waals surface area contributed by atoms with E-state index in [2.05, 4.69) is 34.5 Å². The highest BCUT2D eigenvalue weighted by Gasteiger charge is 2.17. The lowest BCUT2D eigenvalue weighted by Gasteiger charge is -2.29. The molecule has 0 unspecified atom stereocenters. The fraction of sp³-hybridized carbons (Fsp3) is 0.308. The van der Waals surface area contributed by atoms with Gasteiger partial charge in [0.1, 0.15) is 0 Å². The molecule has 6 nitrogen and oxygen atoms in total. The number of benzene rings is 3. The summed E-state index contributed by atoms with van der Waals surface area (Å²) < 4.78 is 5.39. The summed E-state index contributed by atoms with van der Waals surface area (Å²) in [4.78, 5) is 30.2. The van der Waals surface area contributed by atoms with Gasteiger partial charge in [-0.05, 0) is 54.1 Å². The van der Waals surface area contributed by atoms with Crippen molar-refractivity contribution in [2.24, 2.45) is 0 Å². The third kappa shape index (κ3) is 6.27. The molecule has 33 heavy (non-hydrogen) atoms. The van der Waals surface area contributed by atoms with E-state index in [0.717, 1.165) is 48.0 Å². The summed E-state index contributed by atoms with van der Waals surface area (Å²) in [6, 6.07) is 22.2. The third-order valence-electron chi connectivity index (χ3n) is 5.68. The Bertz CT molecular complexity index is 1100. The number of hydrogen-bond donors (Lipinski definition) is 1. The fourth-order valence-corrected chi connectivity index (χ4v) is 4.67. The number of nitrogens with zero attached hydrogens (tertiary/aromatic N) is 2. The molecule has 0 atom stereocenters. The normalized spacial score (nSPS) is 13.7. The van der Waals surface area contributed by atoms with Crippen LogP contribution in [0.1, 0.15) is 6.92 Å². The molecule has 0 bridgehead atoms. The van der Waals surface area contributed by atoms with Crippen LogP contribution in [0, 0.1) is 0 Å². The number of nitrogens with one attached hydrogen (secondary N) is 1. The summed E-state index contributed by atoms with van der Waals surface area (Å²) in [5.74, 6) is 0.0572. The van der Waals surface area contributed by atoms with Crippen LogP contribution in [0.5, 0.6) is 0 Å². The number of carbonyl (C=O) groups is 2. The van der Waals surface area contributed by atoms with E-state index in [4.69, 9.17) is 4.74 Å².